The Labute approximate surface area is 73.6 Å². The molecule has 2 N–H and O–H groups in total. The van der Waals surface area contributed by atoms with Crippen molar-refractivity contribution in [2.75, 3.05) is 26.9 Å². The van der Waals surface area contributed by atoms with Crippen LogP contribution in [-0.4, -0.2) is 39.0 Å². The van der Waals surface area contributed by atoms with E-state index in [1.165, 1.54) is 0 Å². The molecule has 0 aromatic rings. The molecule has 1 aliphatic rings. The van der Waals surface area contributed by atoms with E-state index in [0.29, 0.717) is 12.1 Å². The third-order valence-corrected chi connectivity index (χ3v) is 1.96. The van der Waals surface area contributed by atoms with Crippen molar-refractivity contribution < 1.29 is 9.57 Å². The summed E-state index contributed by atoms with van der Waals surface area (Å²) in [6, 6.07) is 0.839. The van der Waals surface area contributed by atoms with Crippen molar-refractivity contribution in [3.63, 3.8) is 0 Å². The molecule has 0 saturated carbocycles. The van der Waals surface area contributed by atoms with Crippen molar-refractivity contribution in [1.82, 2.24) is 10.8 Å². The predicted octanol–water partition coefficient (Wildman–Crippen LogP) is -0.0956. The highest BCUT2D eigenvalue weighted by Gasteiger charge is 2.15. The third-order valence-electron chi connectivity index (χ3n) is 1.96. The summed E-state index contributed by atoms with van der Waals surface area (Å²) in [6.45, 7) is 4.71. The SMILES string of the molecule is CONC(C)CC1COCCN1. The first-order valence-corrected chi connectivity index (χ1v) is 4.42. The van der Waals surface area contributed by atoms with Crippen LogP contribution in [0, 0.1) is 0 Å². The van der Waals surface area contributed by atoms with Gasteiger partial charge in [0.2, 0.25) is 0 Å². The van der Waals surface area contributed by atoms with Crippen LogP contribution in [0.25, 0.3) is 0 Å². The van der Waals surface area contributed by atoms with Crippen molar-refractivity contribution >= 4 is 0 Å². The molecular weight excluding hydrogens is 156 g/mol. The van der Waals surface area contributed by atoms with E-state index in [4.69, 9.17) is 9.57 Å². The summed E-state index contributed by atoms with van der Waals surface area (Å²) in [5, 5.41) is 3.39. The van der Waals surface area contributed by atoms with E-state index in [0.717, 1.165) is 26.2 Å². The second-order valence-electron chi connectivity index (χ2n) is 3.18. The van der Waals surface area contributed by atoms with Gasteiger partial charge in [0.15, 0.2) is 0 Å². The average Bonchev–Trinajstić information content (AvgIpc) is 2.06. The van der Waals surface area contributed by atoms with Crippen LogP contribution in [0.1, 0.15) is 13.3 Å². The fourth-order valence-electron chi connectivity index (χ4n) is 1.45. The Bertz CT molecular complexity index is 116. The number of morpholine rings is 1. The Hall–Kier alpha value is -0.160. The van der Waals surface area contributed by atoms with Crippen LogP contribution >= 0.6 is 0 Å². The molecule has 0 spiro atoms. The largest absolute Gasteiger partial charge is 0.379 e. The zero-order valence-electron chi connectivity index (χ0n) is 7.80. The molecule has 0 aromatic heterocycles. The highest BCUT2D eigenvalue weighted by atomic mass is 16.6. The molecule has 1 fully saturated rings. The topological polar surface area (TPSA) is 42.5 Å². The monoisotopic (exact) mass is 174 g/mol. The van der Waals surface area contributed by atoms with Crippen molar-refractivity contribution in [1.29, 1.82) is 0 Å². The van der Waals surface area contributed by atoms with E-state index in [9.17, 15) is 0 Å². The molecular formula is C8H18N2O2. The standard InChI is InChI=1S/C8H18N2O2/c1-7(10-11-2)5-8-6-12-4-3-9-8/h7-10H,3-6H2,1-2H3. The molecule has 1 heterocycles. The van der Waals surface area contributed by atoms with Gasteiger partial charge in [0.1, 0.15) is 0 Å². The van der Waals surface area contributed by atoms with Gasteiger partial charge >= 0.3 is 0 Å². The number of hydrogen-bond acceptors (Lipinski definition) is 4. The van der Waals surface area contributed by atoms with E-state index in [2.05, 4.69) is 17.7 Å². The van der Waals surface area contributed by atoms with Gasteiger partial charge in [-0.1, -0.05) is 0 Å². The lowest BCUT2D eigenvalue weighted by Gasteiger charge is -2.26. The summed E-state index contributed by atoms with van der Waals surface area (Å²) in [7, 11) is 1.64. The average molecular weight is 174 g/mol. The van der Waals surface area contributed by atoms with Crippen LogP contribution in [0.15, 0.2) is 0 Å². The molecule has 0 bridgehead atoms. The van der Waals surface area contributed by atoms with Gasteiger partial charge in [0.05, 0.1) is 20.3 Å². The summed E-state index contributed by atoms with van der Waals surface area (Å²) < 4.78 is 5.33. The zero-order valence-corrected chi connectivity index (χ0v) is 7.80. The molecule has 1 rings (SSSR count). The van der Waals surface area contributed by atoms with Crippen LogP contribution in [0.3, 0.4) is 0 Å². The molecule has 2 unspecified atom stereocenters. The quantitative estimate of drug-likeness (QED) is 0.584. The number of hydrogen-bond donors (Lipinski definition) is 2. The second-order valence-corrected chi connectivity index (χ2v) is 3.18. The lowest BCUT2D eigenvalue weighted by atomic mass is 10.1. The minimum absolute atomic E-state index is 0.370. The van der Waals surface area contributed by atoms with Gasteiger partial charge in [-0.05, 0) is 13.3 Å². The van der Waals surface area contributed by atoms with Crippen LogP contribution < -0.4 is 10.8 Å². The molecule has 4 heteroatoms. The maximum absolute atomic E-state index is 5.33. The Morgan fingerprint density at radius 2 is 2.58 bits per heavy atom. The van der Waals surface area contributed by atoms with Gasteiger partial charge in [-0.25, -0.2) is 5.48 Å². The first-order chi connectivity index (χ1) is 5.83. The first-order valence-electron chi connectivity index (χ1n) is 4.42. The summed E-state index contributed by atoms with van der Waals surface area (Å²) >= 11 is 0. The van der Waals surface area contributed by atoms with E-state index < -0.39 is 0 Å². The highest BCUT2D eigenvalue weighted by Crippen LogP contribution is 2.01. The van der Waals surface area contributed by atoms with E-state index in [1.54, 1.807) is 7.11 Å². The zero-order chi connectivity index (χ0) is 8.81. The van der Waals surface area contributed by atoms with Crippen LogP contribution in [0.2, 0.25) is 0 Å². The number of rotatable bonds is 4. The minimum atomic E-state index is 0.370. The lowest BCUT2D eigenvalue weighted by Crippen LogP contribution is -2.44. The molecule has 4 nitrogen and oxygen atoms in total. The summed E-state index contributed by atoms with van der Waals surface area (Å²) in [5.41, 5.74) is 2.90. The maximum atomic E-state index is 5.33. The minimum Gasteiger partial charge on any atom is -0.379 e. The molecule has 72 valence electrons. The van der Waals surface area contributed by atoms with Gasteiger partial charge in [0, 0.05) is 18.6 Å². The fraction of sp³-hybridized carbons (Fsp3) is 1.00. The number of hydroxylamine groups is 1. The van der Waals surface area contributed by atoms with Gasteiger partial charge in [-0.2, -0.15) is 0 Å². The highest BCUT2D eigenvalue weighted by molar-refractivity contribution is 4.73. The van der Waals surface area contributed by atoms with Gasteiger partial charge in [-0.15, -0.1) is 0 Å². The van der Waals surface area contributed by atoms with E-state index in [-0.39, 0.29) is 0 Å². The second kappa shape index (κ2) is 5.48. The predicted molar refractivity (Wildman–Crippen MR) is 46.8 cm³/mol. The molecule has 1 saturated heterocycles. The molecule has 0 aromatic carbocycles. The number of nitrogens with one attached hydrogen (secondary N) is 2. The summed E-state index contributed by atoms with van der Waals surface area (Å²) in [4.78, 5) is 4.83. The van der Waals surface area contributed by atoms with E-state index >= 15 is 0 Å². The molecule has 0 amide bonds. The Kier molecular flexibility index (Phi) is 4.53. The fourth-order valence-corrected chi connectivity index (χ4v) is 1.45. The smallest absolute Gasteiger partial charge is 0.0620 e. The molecule has 0 radical (unpaired) electrons. The molecule has 0 aliphatic carbocycles. The van der Waals surface area contributed by atoms with Crippen molar-refractivity contribution in [3.8, 4) is 0 Å². The van der Waals surface area contributed by atoms with Crippen LogP contribution in [0.5, 0.6) is 0 Å². The van der Waals surface area contributed by atoms with Crippen molar-refractivity contribution in [3.05, 3.63) is 0 Å². The van der Waals surface area contributed by atoms with Gasteiger partial charge < -0.3 is 14.9 Å². The first kappa shape index (κ1) is 9.92. The van der Waals surface area contributed by atoms with Crippen LogP contribution in [-0.2, 0) is 9.57 Å². The van der Waals surface area contributed by atoms with Crippen molar-refractivity contribution in [2.24, 2.45) is 0 Å². The Balaban J connectivity index is 2.11. The van der Waals surface area contributed by atoms with Crippen LogP contribution in [0.4, 0.5) is 0 Å². The molecule has 12 heavy (non-hydrogen) atoms. The molecule has 1 aliphatic heterocycles. The third kappa shape index (κ3) is 3.49. The van der Waals surface area contributed by atoms with Gasteiger partial charge in [-0.3, -0.25) is 0 Å². The Morgan fingerprint density at radius 1 is 1.75 bits per heavy atom. The van der Waals surface area contributed by atoms with Gasteiger partial charge in [0.25, 0.3) is 0 Å². The lowest BCUT2D eigenvalue weighted by molar-refractivity contribution is 0.0388. The summed E-state index contributed by atoms with van der Waals surface area (Å²) in [6.07, 6.45) is 1.04. The number of ether oxygens (including phenoxy) is 1. The normalized spacial score (nSPS) is 27.0. The summed E-state index contributed by atoms with van der Waals surface area (Å²) in [5.74, 6) is 0. The van der Waals surface area contributed by atoms with E-state index in [1.807, 2.05) is 0 Å². The maximum Gasteiger partial charge on any atom is 0.0620 e. The Morgan fingerprint density at radius 3 is 3.17 bits per heavy atom. The van der Waals surface area contributed by atoms with Crippen molar-refractivity contribution in [2.45, 2.75) is 25.4 Å². The molecule has 2 atom stereocenters.